The number of aliphatic hydroxyl groups excluding tert-OH is 2. The maximum Gasteiger partial charge on any atom is 0.407 e. The fourth-order valence-corrected chi connectivity index (χ4v) is 8.02. The van der Waals surface area contributed by atoms with Crippen molar-refractivity contribution in [2.24, 2.45) is 5.92 Å². The molecule has 52 heavy (non-hydrogen) atoms. The summed E-state index contributed by atoms with van der Waals surface area (Å²) >= 11 is 0. The lowest BCUT2D eigenvalue weighted by atomic mass is 9.88. The summed E-state index contributed by atoms with van der Waals surface area (Å²) in [7, 11) is -3.52. The van der Waals surface area contributed by atoms with Gasteiger partial charge in [-0.1, -0.05) is 66.7 Å². The van der Waals surface area contributed by atoms with Crippen LogP contribution in [0.5, 0.6) is 5.75 Å². The minimum absolute atomic E-state index is 0.00408. The summed E-state index contributed by atoms with van der Waals surface area (Å²) in [4.78, 5) is 27.0. The number of hydrogen-bond acceptors (Lipinski definition) is 9. The molecule has 1 aliphatic carbocycles. The Bertz CT molecular complexity index is 1630. The molecule has 5 atom stereocenters. The molecule has 3 aromatic rings. The zero-order valence-corrected chi connectivity index (χ0v) is 32.2. The lowest BCUT2D eigenvalue weighted by Gasteiger charge is -2.30. The first-order valence-electron chi connectivity index (χ1n) is 18.0. The molecular formula is C40H55N2O9P. The van der Waals surface area contributed by atoms with Crippen molar-refractivity contribution in [2.45, 2.75) is 116 Å². The number of amides is 2. The summed E-state index contributed by atoms with van der Waals surface area (Å²) in [5.74, 6) is -0.645. The largest absolute Gasteiger partial charge is 0.481 e. The minimum Gasteiger partial charge on any atom is -0.481 e. The van der Waals surface area contributed by atoms with Crippen LogP contribution in [0.1, 0.15) is 83.2 Å². The Morgan fingerprint density at radius 1 is 0.865 bits per heavy atom. The topological polar surface area (TPSA) is 153 Å². The summed E-state index contributed by atoms with van der Waals surface area (Å²) in [6.07, 6.45) is -2.53. The van der Waals surface area contributed by atoms with E-state index in [0.29, 0.717) is 18.6 Å². The molecule has 0 fully saturated rings. The second-order valence-corrected chi connectivity index (χ2v) is 16.8. The average molecular weight is 739 g/mol. The number of aliphatic hydroxyl groups is 2. The van der Waals surface area contributed by atoms with E-state index in [1.54, 1.807) is 72.7 Å². The fraction of sp³-hybridized carbons (Fsp3) is 0.500. The predicted octanol–water partition coefficient (Wildman–Crippen LogP) is 6.89. The van der Waals surface area contributed by atoms with Gasteiger partial charge in [-0.25, -0.2) is 4.79 Å². The quantitative estimate of drug-likeness (QED) is 0.109. The maximum absolute atomic E-state index is 14.1. The lowest BCUT2D eigenvalue weighted by molar-refractivity contribution is -0.127. The van der Waals surface area contributed by atoms with Crippen molar-refractivity contribution in [3.63, 3.8) is 0 Å². The van der Waals surface area contributed by atoms with E-state index in [4.69, 9.17) is 18.5 Å². The summed E-state index contributed by atoms with van der Waals surface area (Å²) < 4.78 is 35.8. The van der Waals surface area contributed by atoms with Gasteiger partial charge in [-0.05, 0) is 102 Å². The molecular weight excluding hydrogens is 683 g/mol. The predicted molar refractivity (Wildman–Crippen MR) is 200 cm³/mol. The van der Waals surface area contributed by atoms with Gasteiger partial charge in [-0.3, -0.25) is 9.36 Å². The number of rotatable bonds is 17. The SMILES string of the molecule is CC(C)OP(=O)(COc1ccc(C[C@@H](C[C@H](O)[C@H](Cc2ccccc2)NC(=O)OC(C)(C)C)C(=O)N[C@H]2c3ccccc3C[C@H]2O)cc1)OC(C)C. The number of nitrogens with one attached hydrogen (secondary N) is 2. The van der Waals surface area contributed by atoms with Crippen molar-refractivity contribution in [1.29, 1.82) is 0 Å². The molecule has 0 radical (unpaired) electrons. The Kier molecular flexibility index (Phi) is 14.5. The third-order valence-electron chi connectivity index (χ3n) is 8.40. The first-order chi connectivity index (χ1) is 24.5. The van der Waals surface area contributed by atoms with Gasteiger partial charge in [0.1, 0.15) is 11.4 Å². The average Bonchev–Trinajstić information content (AvgIpc) is 3.36. The third kappa shape index (κ3) is 12.7. The van der Waals surface area contributed by atoms with Gasteiger partial charge >= 0.3 is 13.7 Å². The molecule has 0 saturated carbocycles. The van der Waals surface area contributed by atoms with Crippen LogP contribution in [0.15, 0.2) is 78.9 Å². The van der Waals surface area contributed by atoms with E-state index in [9.17, 15) is 24.4 Å². The van der Waals surface area contributed by atoms with Crippen molar-refractivity contribution in [3.05, 3.63) is 101 Å². The Labute approximate surface area is 307 Å². The van der Waals surface area contributed by atoms with E-state index in [1.807, 2.05) is 54.6 Å². The van der Waals surface area contributed by atoms with Gasteiger partial charge in [0, 0.05) is 12.3 Å². The zero-order chi connectivity index (χ0) is 38.1. The van der Waals surface area contributed by atoms with Crippen molar-refractivity contribution < 1.29 is 42.9 Å². The number of carbonyl (C=O) groups is 2. The van der Waals surface area contributed by atoms with E-state index >= 15 is 0 Å². The Morgan fingerprint density at radius 2 is 1.46 bits per heavy atom. The van der Waals surface area contributed by atoms with Crippen LogP contribution < -0.4 is 15.4 Å². The highest BCUT2D eigenvalue weighted by atomic mass is 31.2. The number of alkyl carbamates (subject to hydrolysis) is 1. The molecule has 0 aromatic heterocycles. The van der Waals surface area contributed by atoms with E-state index in [1.165, 1.54) is 0 Å². The molecule has 0 unspecified atom stereocenters. The summed E-state index contributed by atoms with van der Waals surface area (Å²) in [6.45, 7) is 12.4. The molecule has 4 rings (SSSR count). The van der Waals surface area contributed by atoms with Crippen LogP contribution in [0.3, 0.4) is 0 Å². The Hall–Kier alpha value is -3.73. The number of fused-ring (bicyclic) bond motifs is 1. The molecule has 4 N–H and O–H groups in total. The zero-order valence-electron chi connectivity index (χ0n) is 31.3. The van der Waals surface area contributed by atoms with E-state index < -0.39 is 49.5 Å². The number of ether oxygens (including phenoxy) is 2. The maximum atomic E-state index is 14.1. The van der Waals surface area contributed by atoms with Crippen molar-refractivity contribution in [3.8, 4) is 5.75 Å². The number of benzene rings is 3. The highest BCUT2D eigenvalue weighted by Gasteiger charge is 2.36. The molecule has 11 nitrogen and oxygen atoms in total. The van der Waals surface area contributed by atoms with E-state index in [0.717, 1.165) is 22.3 Å². The highest BCUT2D eigenvalue weighted by molar-refractivity contribution is 7.53. The van der Waals surface area contributed by atoms with E-state index in [-0.39, 0.29) is 37.3 Å². The molecule has 0 heterocycles. The van der Waals surface area contributed by atoms with Crippen molar-refractivity contribution >= 4 is 19.6 Å². The molecule has 0 bridgehead atoms. The van der Waals surface area contributed by atoms with Crippen molar-refractivity contribution in [2.75, 3.05) is 6.35 Å². The first kappa shape index (κ1) is 41.0. The molecule has 0 spiro atoms. The summed E-state index contributed by atoms with van der Waals surface area (Å²) in [5.41, 5.74) is 2.76. The molecule has 1 aliphatic rings. The van der Waals surface area contributed by atoms with Crippen LogP contribution >= 0.6 is 7.60 Å². The second kappa shape index (κ2) is 18.3. The molecule has 12 heteroatoms. The van der Waals surface area contributed by atoms with Crippen LogP contribution in [-0.4, -0.2) is 64.6 Å². The van der Waals surface area contributed by atoms with Crippen LogP contribution in [0.25, 0.3) is 0 Å². The standard InChI is InChI=1S/C40H55N2O9P/c1-26(2)50-52(47,51-27(3)4)25-48-32-19-17-29(18-20-32)21-31(38(45)42-37-33-16-12-11-15-30(33)23-36(37)44)24-35(43)34(22-28-13-9-8-10-14-28)41-39(46)49-40(5,6)7/h8-20,26-27,31,34-37,43-44H,21-25H2,1-7H3,(H,41,46)(H,42,45)/t31-,34-,35-,36+,37-/m0/s1. The van der Waals surface area contributed by atoms with Gasteiger partial charge in [-0.2, -0.15) is 0 Å². The molecule has 3 aromatic carbocycles. The van der Waals surface area contributed by atoms with Gasteiger partial charge in [0.05, 0.1) is 36.5 Å². The third-order valence-corrected chi connectivity index (χ3v) is 10.3. The van der Waals surface area contributed by atoms with Gasteiger partial charge in [-0.15, -0.1) is 0 Å². The Morgan fingerprint density at radius 3 is 2.08 bits per heavy atom. The van der Waals surface area contributed by atoms with Crippen LogP contribution in [-0.2, 0) is 42.4 Å². The molecule has 0 saturated heterocycles. The smallest absolute Gasteiger partial charge is 0.407 e. The van der Waals surface area contributed by atoms with Gasteiger partial charge in [0.25, 0.3) is 0 Å². The molecule has 2 amide bonds. The number of carbonyl (C=O) groups excluding carboxylic acids is 2. The van der Waals surface area contributed by atoms with Crippen LogP contribution in [0, 0.1) is 5.92 Å². The first-order valence-corrected chi connectivity index (χ1v) is 19.7. The Balaban J connectivity index is 1.55. The normalized spacial score (nSPS) is 17.7. The second-order valence-electron chi connectivity index (χ2n) is 14.9. The van der Waals surface area contributed by atoms with Crippen molar-refractivity contribution in [1.82, 2.24) is 10.6 Å². The minimum atomic E-state index is -3.52. The summed E-state index contributed by atoms with van der Waals surface area (Å²) in [6, 6.07) is 22.8. The molecule has 284 valence electrons. The van der Waals surface area contributed by atoms with E-state index in [2.05, 4.69) is 10.6 Å². The van der Waals surface area contributed by atoms with Gasteiger partial charge in [0.15, 0.2) is 6.35 Å². The molecule has 0 aliphatic heterocycles. The number of hydrogen-bond donors (Lipinski definition) is 4. The van der Waals surface area contributed by atoms with Gasteiger partial charge < -0.3 is 39.4 Å². The van der Waals surface area contributed by atoms with Gasteiger partial charge in [0.2, 0.25) is 5.91 Å². The van der Waals surface area contributed by atoms with Crippen LogP contribution in [0.2, 0.25) is 0 Å². The fourth-order valence-electron chi connectivity index (χ4n) is 6.26. The van der Waals surface area contributed by atoms with Crippen LogP contribution in [0.4, 0.5) is 4.79 Å². The highest BCUT2D eigenvalue weighted by Crippen LogP contribution is 2.50. The summed E-state index contributed by atoms with van der Waals surface area (Å²) in [5, 5.41) is 28.5. The lowest BCUT2D eigenvalue weighted by Crippen LogP contribution is -2.48. The monoisotopic (exact) mass is 738 g/mol.